The van der Waals surface area contributed by atoms with E-state index in [0.29, 0.717) is 6.42 Å². The molecule has 2 saturated heterocycles. The molecule has 0 radical (unpaired) electrons. The summed E-state index contributed by atoms with van der Waals surface area (Å²) in [5, 5.41) is 9.45. The van der Waals surface area contributed by atoms with E-state index in [9.17, 15) is 24.3 Å². The van der Waals surface area contributed by atoms with Crippen LogP contribution in [0.15, 0.2) is 0 Å². The highest BCUT2D eigenvalue weighted by molar-refractivity contribution is 6.38. The number of nitrogens with zero attached hydrogens (tertiary/aromatic N) is 3. The number of rotatable bonds is 2. The quantitative estimate of drug-likeness (QED) is 0.542. The van der Waals surface area contributed by atoms with Crippen LogP contribution in [0.5, 0.6) is 0 Å². The summed E-state index contributed by atoms with van der Waals surface area (Å²) in [6.07, 6.45) is -0.241. The Morgan fingerprint density at radius 1 is 1.32 bits per heavy atom. The maximum atomic E-state index is 12.4. The maximum absolute atomic E-state index is 12.4. The van der Waals surface area contributed by atoms with Crippen LogP contribution in [0, 0.1) is 0 Å². The first-order chi connectivity index (χ1) is 10.1. The van der Waals surface area contributed by atoms with E-state index in [2.05, 4.69) is 0 Å². The second kappa shape index (κ2) is 5.65. The van der Waals surface area contributed by atoms with E-state index in [4.69, 9.17) is 5.73 Å². The van der Waals surface area contributed by atoms with E-state index in [1.807, 2.05) is 0 Å². The van der Waals surface area contributed by atoms with Crippen molar-refractivity contribution in [1.29, 1.82) is 0 Å². The molecule has 0 bridgehead atoms. The van der Waals surface area contributed by atoms with Crippen molar-refractivity contribution in [2.24, 2.45) is 5.73 Å². The molecule has 0 aliphatic carbocycles. The van der Waals surface area contributed by atoms with Gasteiger partial charge in [0, 0.05) is 13.1 Å². The molecular weight excluding hydrogens is 292 g/mol. The highest BCUT2D eigenvalue weighted by atomic mass is 16.3. The zero-order valence-electron chi connectivity index (χ0n) is 12.6. The lowest BCUT2D eigenvalue weighted by Gasteiger charge is -2.35. The molecule has 22 heavy (non-hydrogen) atoms. The first kappa shape index (κ1) is 16.4. The molecule has 4 amide bonds. The Bertz CT molecular complexity index is 533. The van der Waals surface area contributed by atoms with Crippen molar-refractivity contribution in [3.8, 4) is 0 Å². The minimum Gasteiger partial charge on any atom is -0.391 e. The van der Waals surface area contributed by atoms with Gasteiger partial charge in [-0.05, 0) is 20.3 Å². The average Bonchev–Trinajstić information content (AvgIpc) is 2.90. The standard InChI is InChI=1S/C13H20N4O5/c1-13(2)16(6-9(14)19)7-10(20)17(13)12(22)11(21)15-4-3-8(18)5-15/h8,18H,3-7H2,1-2H3,(H2,14,19)/t8-/m0/s1. The summed E-state index contributed by atoms with van der Waals surface area (Å²) < 4.78 is 0. The third-order valence-corrected chi connectivity index (χ3v) is 4.08. The van der Waals surface area contributed by atoms with Gasteiger partial charge in [0.25, 0.3) is 0 Å². The number of aliphatic hydroxyl groups excluding tert-OH is 1. The van der Waals surface area contributed by atoms with Crippen LogP contribution in [0.1, 0.15) is 20.3 Å². The summed E-state index contributed by atoms with van der Waals surface area (Å²) in [5.41, 5.74) is 4.02. The molecule has 9 heteroatoms. The van der Waals surface area contributed by atoms with Crippen LogP contribution in [0.3, 0.4) is 0 Å². The second-order valence-corrected chi connectivity index (χ2v) is 6.04. The molecule has 0 spiro atoms. The van der Waals surface area contributed by atoms with Gasteiger partial charge in [-0.15, -0.1) is 0 Å². The number of amides is 4. The van der Waals surface area contributed by atoms with Crippen molar-refractivity contribution in [2.75, 3.05) is 26.2 Å². The van der Waals surface area contributed by atoms with Gasteiger partial charge in [-0.1, -0.05) is 0 Å². The van der Waals surface area contributed by atoms with E-state index >= 15 is 0 Å². The summed E-state index contributed by atoms with van der Waals surface area (Å²) in [5.74, 6) is -2.94. The maximum Gasteiger partial charge on any atom is 0.320 e. The Labute approximate surface area is 127 Å². The number of carbonyl (C=O) groups is 4. The number of carbonyl (C=O) groups excluding carboxylic acids is 4. The molecule has 0 aromatic rings. The number of hydrogen-bond acceptors (Lipinski definition) is 6. The fraction of sp³-hybridized carbons (Fsp3) is 0.692. The number of imide groups is 1. The molecule has 2 aliphatic rings. The third-order valence-electron chi connectivity index (χ3n) is 4.08. The molecule has 2 rings (SSSR count). The first-order valence-corrected chi connectivity index (χ1v) is 7.02. The normalized spacial score (nSPS) is 24.9. The van der Waals surface area contributed by atoms with E-state index < -0.39 is 35.4 Å². The second-order valence-electron chi connectivity index (χ2n) is 6.04. The number of likely N-dealkylation sites (tertiary alicyclic amines) is 1. The van der Waals surface area contributed by atoms with Gasteiger partial charge in [0.15, 0.2) is 0 Å². The molecule has 122 valence electrons. The zero-order chi connectivity index (χ0) is 16.7. The Kier molecular flexibility index (Phi) is 4.21. The highest BCUT2D eigenvalue weighted by Crippen LogP contribution is 2.27. The van der Waals surface area contributed by atoms with Crippen LogP contribution in [0.2, 0.25) is 0 Å². The van der Waals surface area contributed by atoms with Crippen LogP contribution in [-0.4, -0.2) is 81.4 Å². The average molecular weight is 312 g/mol. The summed E-state index contributed by atoms with van der Waals surface area (Å²) >= 11 is 0. The molecule has 2 aliphatic heterocycles. The summed E-state index contributed by atoms with van der Waals surface area (Å²) in [6.45, 7) is 3.17. The van der Waals surface area contributed by atoms with Crippen LogP contribution in [0.25, 0.3) is 0 Å². The van der Waals surface area contributed by atoms with E-state index in [0.717, 1.165) is 4.90 Å². The molecule has 2 heterocycles. The number of nitrogens with two attached hydrogens (primary N) is 1. The molecule has 9 nitrogen and oxygen atoms in total. The monoisotopic (exact) mass is 312 g/mol. The number of aliphatic hydroxyl groups is 1. The molecular formula is C13H20N4O5. The topological polar surface area (TPSA) is 124 Å². The Morgan fingerprint density at radius 3 is 2.45 bits per heavy atom. The minimum absolute atomic E-state index is 0.0814. The Balaban J connectivity index is 2.16. The summed E-state index contributed by atoms with van der Waals surface area (Å²) in [7, 11) is 0. The van der Waals surface area contributed by atoms with Crippen molar-refractivity contribution in [2.45, 2.75) is 32.0 Å². The minimum atomic E-state index is -1.11. The van der Waals surface area contributed by atoms with Crippen molar-refractivity contribution >= 4 is 23.6 Å². The molecule has 2 fully saturated rings. The highest BCUT2D eigenvalue weighted by Gasteiger charge is 2.50. The van der Waals surface area contributed by atoms with Crippen LogP contribution < -0.4 is 5.73 Å². The van der Waals surface area contributed by atoms with Crippen LogP contribution in [-0.2, 0) is 19.2 Å². The predicted molar refractivity (Wildman–Crippen MR) is 73.9 cm³/mol. The van der Waals surface area contributed by atoms with Gasteiger partial charge in [0.2, 0.25) is 11.8 Å². The van der Waals surface area contributed by atoms with Gasteiger partial charge in [-0.2, -0.15) is 0 Å². The molecule has 0 unspecified atom stereocenters. The molecule has 0 saturated carbocycles. The van der Waals surface area contributed by atoms with Gasteiger partial charge in [0.05, 0.1) is 24.9 Å². The van der Waals surface area contributed by atoms with Crippen LogP contribution >= 0.6 is 0 Å². The number of hydrogen-bond donors (Lipinski definition) is 2. The van der Waals surface area contributed by atoms with Crippen LogP contribution in [0.4, 0.5) is 0 Å². The Hall–Kier alpha value is -2.00. The molecule has 1 atom stereocenters. The number of primary amides is 1. The van der Waals surface area contributed by atoms with E-state index in [-0.39, 0.29) is 26.2 Å². The fourth-order valence-corrected chi connectivity index (χ4v) is 2.83. The van der Waals surface area contributed by atoms with Gasteiger partial charge < -0.3 is 15.7 Å². The molecule has 0 aromatic heterocycles. The van der Waals surface area contributed by atoms with Crippen molar-refractivity contribution in [3.63, 3.8) is 0 Å². The summed E-state index contributed by atoms with van der Waals surface area (Å²) in [4.78, 5) is 51.3. The summed E-state index contributed by atoms with van der Waals surface area (Å²) in [6, 6.07) is 0. The van der Waals surface area contributed by atoms with Gasteiger partial charge in [0.1, 0.15) is 0 Å². The van der Waals surface area contributed by atoms with Crippen molar-refractivity contribution in [1.82, 2.24) is 14.7 Å². The largest absolute Gasteiger partial charge is 0.391 e. The molecule has 0 aromatic carbocycles. The van der Waals surface area contributed by atoms with Gasteiger partial charge >= 0.3 is 11.8 Å². The van der Waals surface area contributed by atoms with Gasteiger partial charge in [-0.3, -0.25) is 29.0 Å². The lowest BCUT2D eigenvalue weighted by Crippen LogP contribution is -2.56. The Morgan fingerprint density at radius 2 is 1.95 bits per heavy atom. The molecule has 3 N–H and O–H groups in total. The third kappa shape index (κ3) is 2.81. The van der Waals surface area contributed by atoms with Gasteiger partial charge in [-0.25, -0.2) is 0 Å². The SMILES string of the molecule is CC1(C)N(CC(N)=O)CC(=O)N1C(=O)C(=O)N1CC[C@H](O)C1. The lowest BCUT2D eigenvalue weighted by molar-refractivity contribution is -0.159. The van der Waals surface area contributed by atoms with E-state index in [1.54, 1.807) is 13.8 Å². The lowest BCUT2D eigenvalue weighted by atomic mass is 10.2. The van der Waals surface area contributed by atoms with Crippen molar-refractivity contribution < 1.29 is 24.3 Å². The first-order valence-electron chi connectivity index (χ1n) is 7.02. The zero-order valence-corrected chi connectivity index (χ0v) is 12.6. The number of β-amino-alcohol motifs (C(OH)–C–C–N with tert-alkyl or cyclic N) is 1. The van der Waals surface area contributed by atoms with Crippen molar-refractivity contribution in [3.05, 3.63) is 0 Å². The fourth-order valence-electron chi connectivity index (χ4n) is 2.83. The van der Waals surface area contributed by atoms with E-state index in [1.165, 1.54) is 9.80 Å². The predicted octanol–water partition coefficient (Wildman–Crippen LogP) is -2.53. The smallest absolute Gasteiger partial charge is 0.320 e.